The van der Waals surface area contributed by atoms with Crippen molar-refractivity contribution in [3.63, 3.8) is 0 Å². The number of rotatable bonds is 6. The summed E-state index contributed by atoms with van der Waals surface area (Å²) in [5, 5.41) is 0. The molecule has 138 valence electrons. The molecule has 0 N–H and O–H groups in total. The Labute approximate surface area is 160 Å². The first-order chi connectivity index (χ1) is 13.3. The first-order valence-corrected chi connectivity index (χ1v) is 9.40. The van der Waals surface area contributed by atoms with Crippen molar-refractivity contribution in [2.24, 2.45) is 0 Å². The van der Waals surface area contributed by atoms with Gasteiger partial charge in [-0.3, -0.25) is 9.88 Å². The van der Waals surface area contributed by atoms with E-state index in [0.29, 0.717) is 12.5 Å². The third-order valence-corrected chi connectivity index (χ3v) is 4.92. The molecule has 1 aliphatic heterocycles. The lowest BCUT2D eigenvalue weighted by Crippen LogP contribution is -2.20. The van der Waals surface area contributed by atoms with Crippen molar-refractivity contribution in [1.29, 1.82) is 0 Å². The van der Waals surface area contributed by atoms with Gasteiger partial charge in [0, 0.05) is 42.7 Å². The minimum absolute atomic E-state index is 0.409. The standard InChI is InChI=1S/C22H24N4O/c1-17-9-12-24-22(25-17)19-10-13-26(15-19)14-18-6-2-3-8-21(18)27-16-20-7-4-5-11-23-20/h2-9,11-12,19H,10,13-16H2,1H3/t19-/m1/s1. The Morgan fingerprint density at radius 3 is 2.78 bits per heavy atom. The number of para-hydroxylation sites is 1. The van der Waals surface area contributed by atoms with E-state index < -0.39 is 0 Å². The third-order valence-electron chi connectivity index (χ3n) is 4.92. The second kappa shape index (κ2) is 8.27. The highest BCUT2D eigenvalue weighted by atomic mass is 16.5. The van der Waals surface area contributed by atoms with Crippen molar-refractivity contribution in [2.45, 2.75) is 32.4 Å². The summed E-state index contributed by atoms with van der Waals surface area (Å²) in [4.78, 5) is 15.9. The van der Waals surface area contributed by atoms with Crippen LogP contribution in [0.3, 0.4) is 0 Å². The van der Waals surface area contributed by atoms with Crippen molar-refractivity contribution in [3.8, 4) is 5.75 Å². The predicted octanol–water partition coefficient (Wildman–Crippen LogP) is 3.75. The second-order valence-corrected chi connectivity index (χ2v) is 6.99. The quantitative estimate of drug-likeness (QED) is 0.670. The van der Waals surface area contributed by atoms with Gasteiger partial charge in [-0.2, -0.15) is 0 Å². The van der Waals surface area contributed by atoms with Gasteiger partial charge in [-0.15, -0.1) is 0 Å². The molecule has 0 saturated carbocycles. The molecule has 4 rings (SSSR count). The number of benzene rings is 1. The van der Waals surface area contributed by atoms with Crippen molar-refractivity contribution in [1.82, 2.24) is 19.9 Å². The van der Waals surface area contributed by atoms with E-state index in [-0.39, 0.29) is 0 Å². The Kier molecular flexibility index (Phi) is 5.39. The molecule has 1 atom stereocenters. The highest BCUT2D eigenvalue weighted by Crippen LogP contribution is 2.28. The molecule has 3 heterocycles. The molecule has 0 bridgehead atoms. The summed E-state index contributed by atoms with van der Waals surface area (Å²) in [6, 6.07) is 16.1. The van der Waals surface area contributed by atoms with E-state index in [0.717, 1.165) is 49.0 Å². The molecule has 0 radical (unpaired) electrons. The van der Waals surface area contributed by atoms with E-state index in [2.05, 4.69) is 32.0 Å². The van der Waals surface area contributed by atoms with Crippen LogP contribution >= 0.6 is 0 Å². The Morgan fingerprint density at radius 2 is 1.93 bits per heavy atom. The van der Waals surface area contributed by atoms with Crippen molar-refractivity contribution >= 4 is 0 Å². The normalized spacial score (nSPS) is 17.1. The van der Waals surface area contributed by atoms with Gasteiger partial charge in [0.05, 0.1) is 5.69 Å². The number of hydrogen-bond donors (Lipinski definition) is 0. The van der Waals surface area contributed by atoms with Crippen LogP contribution in [0, 0.1) is 6.92 Å². The summed E-state index contributed by atoms with van der Waals surface area (Å²) in [6.45, 7) is 5.42. The molecule has 0 unspecified atom stereocenters. The molecule has 1 aromatic carbocycles. The van der Waals surface area contributed by atoms with Gasteiger partial charge in [0.25, 0.3) is 0 Å². The largest absolute Gasteiger partial charge is 0.487 e. The van der Waals surface area contributed by atoms with Crippen LogP contribution in [0.25, 0.3) is 0 Å². The average Bonchev–Trinajstić information content (AvgIpc) is 3.17. The van der Waals surface area contributed by atoms with Crippen molar-refractivity contribution in [2.75, 3.05) is 13.1 Å². The molecule has 0 aliphatic carbocycles. The topological polar surface area (TPSA) is 51.1 Å². The Bertz CT molecular complexity index is 884. The maximum atomic E-state index is 6.05. The number of likely N-dealkylation sites (tertiary alicyclic amines) is 1. The highest BCUT2D eigenvalue weighted by Gasteiger charge is 2.26. The fourth-order valence-electron chi connectivity index (χ4n) is 3.50. The van der Waals surface area contributed by atoms with Gasteiger partial charge in [0.2, 0.25) is 0 Å². The molecular formula is C22H24N4O. The summed E-state index contributed by atoms with van der Waals surface area (Å²) < 4.78 is 6.05. The first-order valence-electron chi connectivity index (χ1n) is 9.40. The van der Waals surface area contributed by atoms with Gasteiger partial charge < -0.3 is 4.74 Å². The van der Waals surface area contributed by atoms with Crippen LogP contribution in [0.4, 0.5) is 0 Å². The molecular weight excluding hydrogens is 336 g/mol. The molecule has 5 nitrogen and oxygen atoms in total. The molecule has 1 aliphatic rings. The summed E-state index contributed by atoms with van der Waals surface area (Å²) in [5.41, 5.74) is 3.18. The first kappa shape index (κ1) is 17.6. The van der Waals surface area contributed by atoms with Gasteiger partial charge in [-0.1, -0.05) is 24.3 Å². The summed E-state index contributed by atoms with van der Waals surface area (Å²) in [5.74, 6) is 2.31. The molecule has 0 amide bonds. The molecule has 1 saturated heterocycles. The third kappa shape index (κ3) is 4.49. The molecule has 3 aromatic rings. The smallest absolute Gasteiger partial charge is 0.132 e. The van der Waals surface area contributed by atoms with E-state index >= 15 is 0 Å². The molecule has 5 heteroatoms. The van der Waals surface area contributed by atoms with Crippen LogP contribution in [0.2, 0.25) is 0 Å². The fraction of sp³-hybridized carbons (Fsp3) is 0.318. The Hall–Kier alpha value is -2.79. The van der Waals surface area contributed by atoms with Crippen molar-refractivity contribution < 1.29 is 4.74 Å². The van der Waals surface area contributed by atoms with Crippen LogP contribution in [0.15, 0.2) is 60.9 Å². The summed E-state index contributed by atoms with van der Waals surface area (Å²) in [6.07, 6.45) is 4.75. The maximum absolute atomic E-state index is 6.05. The molecule has 27 heavy (non-hydrogen) atoms. The van der Waals surface area contributed by atoms with Crippen LogP contribution in [-0.2, 0) is 13.2 Å². The summed E-state index contributed by atoms with van der Waals surface area (Å²) in [7, 11) is 0. The fourth-order valence-corrected chi connectivity index (χ4v) is 3.50. The van der Waals surface area contributed by atoms with E-state index in [4.69, 9.17) is 4.74 Å². The van der Waals surface area contributed by atoms with E-state index in [1.807, 2.05) is 49.5 Å². The molecule has 1 fully saturated rings. The zero-order valence-electron chi connectivity index (χ0n) is 15.6. The van der Waals surface area contributed by atoms with E-state index in [1.54, 1.807) is 6.20 Å². The van der Waals surface area contributed by atoms with Gasteiger partial charge in [0.1, 0.15) is 18.2 Å². The van der Waals surface area contributed by atoms with Crippen LogP contribution in [0.1, 0.15) is 35.1 Å². The SMILES string of the molecule is Cc1ccnc([C@@H]2CCN(Cc3ccccc3OCc3ccccn3)C2)n1. The van der Waals surface area contributed by atoms with Gasteiger partial charge >= 0.3 is 0 Å². The van der Waals surface area contributed by atoms with E-state index in [1.165, 1.54) is 5.56 Å². The number of aromatic nitrogens is 3. The van der Waals surface area contributed by atoms with Crippen molar-refractivity contribution in [3.05, 3.63) is 83.7 Å². The van der Waals surface area contributed by atoms with Gasteiger partial charge in [-0.25, -0.2) is 9.97 Å². The van der Waals surface area contributed by atoms with Crippen LogP contribution in [-0.4, -0.2) is 32.9 Å². The maximum Gasteiger partial charge on any atom is 0.132 e. The number of nitrogens with zero attached hydrogens (tertiary/aromatic N) is 4. The summed E-state index contributed by atoms with van der Waals surface area (Å²) >= 11 is 0. The molecule has 0 spiro atoms. The Morgan fingerprint density at radius 1 is 1.04 bits per heavy atom. The second-order valence-electron chi connectivity index (χ2n) is 6.99. The minimum Gasteiger partial charge on any atom is -0.487 e. The van der Waals surface area contributed by atoms with Crippen LogP contribution < -0.4 is 4.74 Å². The lowest BCUT2D eigenvalue weighted by molar-refractivity contribution is 0.281. The zero-order chi connectivity index (χ0) is 18.5. The minimum atomic E-state index is 0.409. The predicted molar refractivity (Wildman–Crippen MR) is 104 cm³/mol. The number of hydrogen-bond acceptors (Lipinski definition) is 5. The van der Waals surface area contributed by atoms with Crippen LogP contribution in [0.5, 0.6) is 5.75 Å². The lowest BCUT2D eigenvalue weighted by atomic mass is 10.1. The lowest BCUT2D eigenvalue weighted by Gasteiger charge is -2.18. The zero-order valence-corrected chi connectivity index (χ0v) is 15.6. The number of aryl methyl sites for hydroxylation is 1. The van der Waals surface area contributed by atoms with Gasteiger partial charge in [-0.05, 0) is 44.2 Å². The monoisotopic (exact) mass is 360 g/mol. The van der Waals surface area contributed by atoms with Gasteiger partial charge in [0.15, 0.2) is 0 Å². The highest BCUT2D eigenvalue weighted by molar-refractivity contribution is 5.33. The molecule has 2 aromatic heterocycles. The van der Waals surface area contributed by atoms with E-state index in [9.17, 15) is 0 Å². The average molecular weight is 360 g/mol. The Balaban J connectivity index is 1.40. The number of pyridine rings is 1. The number of ether oxygens (including phenoxy) is 1.